The van der Waals surface area contributed by atoms with Gasteiger partial charge in [0.2, 0.25) is 0 Å². The molecule has 0 fully saturated rings. The summed E-state index contributed by atoms with van der Waals surface area (Å²) in [7, 11) is 3.76. The Hall–Kier alpha value is -0.760. The van der Waals surface area contributed by atoms with Gasteiger partial charge in [0.1, 0.15) is 0 Å². The maximum atomic E-state index is 4.93. The predicted molar refractivity (Wildman–Crippen MR) is 48.5 cm³/mol. The Morgan fingerprint density at radius 2 is 2.27 bits per heavy atom. The van der Waals surface area contributed by atoms with E-state index in [1.165, 1.54) is 0 Å². The molecule has 0 aromatic heterocycles. The first-order valence-corrected chi connectivity index (χ1v) is 3.79. The number of methoxy groups -OCH3 is 1. The molecule has 11 heavy (non-hydrogen) atoms. The molecular weight excluding hydrogens is 138 g/mol. The van der Waals surface area contributed by atoms with Gasteiger partial charge in [-0.1, -0.05) is 12.7 Å². The van der Waals surface area contributed by atoms with Crippen molar-refractivity contribution in [2.24, 2.45) is 0 Å². The van der Waals surface area contributed by atoms with Crippen molar-refractivity contribution in [3.05, 3.63) is 24.9 Å². The summed E-state index contributed by atoms with van der Waals surface area (Å²) >= 11 is 0. The second kappa shape index (κ2) is 7.35. The van der Waals surface area contributed by atoms with Gasteiger partial charge in [-0.2, -0.15) is 0 Å². The summed E-state index contributed by atoms with van der Waals surface area (Å²) in [5, 5.41) is 0. The lowest BCUT2D eigenvalue weighted by Gasteiger charge is -2.12. The summed E-state index contributed by atoms with van der Waals surface area (Å²) in [5.41, 5.74) is 0. The number of nitrogens with zero attached hydrogens (tertiary/aromatic N) is 1. The van der Waals surface area contributed by atoms with E-state index in [4.69, 9.17) is 4.74 Å². The summed E-state index contributed by atoms with van der Waals surface area (Å²) < 4.78 is 4.93. The quantitative estimate of drug-likeness (QED) is 0.427. The van der Waals surface area contributed by atoms with Gasteiger partial charge >= 0.3 is 0 Å². The van der Waals surface area contributed by atoms with Crippen LogP contribution in [0.5, 0.6) is 0 Å². The van der Waals surface area contributed by atoms with Crippen molar-refractivity contribution in [2.45, 2.75) is 6.42 Å². The van der Waals surface area contributed by atoms with Crippen LogP contribution < -0.4 is 0 Å². The maximum absolute atomic E-state index is 4.93. The molecule has 2 nitrogen and oxygen atoms in total. The van der Waals surface area contributed by atoms with Gasteiger partial charge in [0.15, 0.2) is 0 Å². The number of hydrogen-bond acceptors (Lipinski definition) is 2. The molecule has 0 saturated heterocycles. The Bertz CT molecular complexity index is 121. The molecule has 0 saturated carbocycles. The van der Waals surface area contributed by atoms with E-state index in [1.807, 2.05) is 19.3 Å². The molecule has 0 aromatic carbocycles. The zero-order chi connectivity index (χ0) is 8.53. The van der Waals surface area contributed by atoms with Gasteiger partial charge in [-0.05, 0) is 18.7 Å². The molecule has 0 bridgehead atoms. The van der Waals surface area contributed by atoms with Gasteiger partial charge in [-0.15, -0.1) is 0 Å². The van der Waals surface area contributed by atoms with E-state index in [-0.39, 0.29) is 0 Å². The molecule has 0 amide bonds. The predicted octanol–water partition coefficient (Wildman–Crippen LogP) is 1.65. The van der Waals surface area contributed by atoms with Crippen molar-refractivity contribution in [2.75, 3.05) is 27.3 Å². The van der Waals surface area contributed by atoms with Gasteiger partial charge in [0, 0.05) is 27.3 Å². The van der Waals surface area contributed by atoms with Crippen LogP contribution in [-0.4, -0.2) is 32.2 Å². The summed E-state index contributed by atoms with van der Waals surface area (Å²) in [6.45, 7) is 5.44. The SMILES string of the molecule is C=C/C=C\N(C)CCCOC. The summed E-state index contributed by atoms with van der Waals surface area (Å²) in [6.07, 6.45) is 6.76. The molecule has 0 heterocycles. The average Bonchev–Trinajstić information content (AvgIpc) is 2.01. The Labute approximate surface area is 69.2 Å². The van der Waals surface area contributed by atoms with Crippen LogP contribution in [0.1, 0.15) is 6.42 Å². The topological polar surface area (TPSA) is 12.5 Å². The van der Waals surface area contributed by atoms with Crippen LogP contribution in [0.25, 0.3) is 0 Å². The third-order valence-electron chi connectivity index (χ3n) is 1.34. The molecule has 0 rings (SSSR count). The Kier molecular flexibility index (Phi) is 6.84. The third kappa shape index (κ3) is 7.13. The van der Waals surface area contributed by atoms with Crippen LogP contribution in [0.2, 0.25) is 0 Å². The third-order valence-corrected chi connectivity index (χ3v) is 1.34. The summed E-state index contributed by atoms with van der Waals surface area (Å²) in [4.78, 5) is 2.11. The van der Waals surface area contributed by atoms with E-state index in [9.17, 15) is 0 Å². The van der Waals surface area contributed by atoms with Gasteiger partial charge < -0.3 is 9.64 Å². The number of ether oxygens (including phenoxy) is 1. The molecule has 0 N–H and O–H groups in total. The van der Waals surface area contributed by atoms with Crippen LogP contribution in [0.4, 0.5) is 0 Å². The highest BCUT2D eigenvalue weighted by Gasteiger charge is 1.88. The van der Waals surface area contributed by atoms with E-state index in [0.717, 1.165) is 19.6 Å². The van der Waals surface area contributed by atoms with Gasteiger partial charge in [0.05, 0.1) is 0 Å². The first-order chi connectivity index (χ1) is 5.31. The molecule has 0 spiro atoms. The second-order valence-electron chi connectivity index (χ2n) is 2.40. The Morgan fingerprint density at radius 1 is 1.55 bits per heavy atom. The highest BCUT2D eigenvalue weighted by molar-refractivity contribution is 4.96. The van der Waals surface area contributed by atoms with Crippen LogP contribution in [0.3, 0.4) is 0 Å². The lowest BCUT2D eigenvalue weighted by atomic mass is 10.4. The zero-order valence-electron chi connectivity index (χ0n) is 7.42. The minimum Gasteiger partial charge on any atom is -0.385 e. The van der Waals surface area contributed by atoms with Crippen LogP contribution in [0.15, 0.2) is 24.9 Å². The fraction of sp³-hybridized carbons (Fsp3) is 0.556. The van der Waals surface area contributed by atoms with Crippen molar-refractivity contribution in [3.8, 4) is 0 Å². The van der Waals surface area contributed by atoms with Gasteiger partial charge in [0.25, 0.3) is 0 Å². The van der Waals surface area contributed by atoms with Crippen LogP contribution in [-0.2, 0) is 4.74 Å². The molecular formula is C9H17NO. The fourth-order valence-corrected chi connectivity index (χ4v) is 0.741. The minimum absolute atomic E-state index is 0.826. The van der Waals surface area contributed by atoms with E-state index in [2.05, 4.69) is 11.5 Å². The number of allylic oxidation sites excluding steroid dienone is 2. The molecule has 0 aliphatic heterocycles. The molecule has 0 aliphatic carbocycles. The highest BCUT2D eigenvalue weighted by Crippen LogP contribution is 1.88. The molecule has 0 radical (unpaired) electrons. The Balaban J connectivity index is 3.28. The van der Waals surface area contributed by atoms with E-state index in [0.29, 0.717) is 0 Å². The minimum atomic E-state index is 0.826. The lowest BCUT2D eigenvalue weighted by molar-refractivity contribution is 0.187. The lowest BCUT2D eigenvalue weighted by Crippen LogP contribution is -2.13. The Morgan fingerprint density at radius 3 is 2.82 bits per heavy atom. The molecule has 0 aliphatic rings. The number of hydrogen-bond donors (Lipinski definition) is 0. The molecule has 0 unspecified atom stereocenters. The van der Waals surface area contributed by atoms with Crippen molar-refractivity contribution in [1.29, 1.82) is 0 Å². The van der Waals surface area contributed by atoms with E-state index < -0.39 is 0 Å². The van der Waals surface area contributed by atoms with Gasteiger partial charge in [-0.3, -0.25) is 0 Å². The fourth-order valence-electron chi connectivity index (χ4n) is 0.741. The van der Waals surface area contributed by atoms with Gasteiger partial charge in [-0.25, -0.2) is 0 Å². The van der Waals surface area contributed by atoms with Crippen molar-refractivity contribution in [1.82, 2.24) is 4.90 Å². The van der Waals surface area contributed by atoms with E-state index in [1.54, 1.807) is 13.2 Å². The normalized spacial score (nSPS) is 10.4. The standard InChI is InChI=1S/C9H17NO/c1-4-5-7-10(2)8-6-9-11-3/h4-5,7H,1,6,8-9H2,2-3H3/b7-5-. The van der Waals surface area contributed by atoms with Crippen LogP contribution in [0, 0.1) is 0 Å². The molecule has 64 valence electrons. The van der Waals surface area contributed by atoms with E-state index >= 15 is 0 Å². The van der Waals surface area contributed by atoms with Crippen molar-refractivity contribution >= 4 is 0 Å². The second-order valence-corrected chi connectivity index (χ2v) is 2.40. The molecule has 0 atom stereocenters. The summed E-state index contributed by atoms with van der Waals surface area (Å²) in [5.74, 6) is 0. The monoisotopic (exact) mass is 155 g/mol. The van der Waals surface area contributed by atoms with Crippen molar-refractivity contribution in [3.63, 3.8) is 0 Å². The first-order valence-electron chi connectivity index (χ1n) is 3.79. The number of rotatable bonds is 6. The average molecular weight is 155 g/mol. The van der Waals surface area contributed by atoms with Crippen LogP contribution >= 0.6 is 0 Å². The highest BCUT2D eigenvalue weighted by atomic mass is 16.5. The molecule has 2 heteroatoms. The molecule has 0 aromatic rings. The van der Waals surface area contributed by atoms with Crippen molar-refractivity contribution < 1.29 is 4.74 Å². The summed E-state index contributed by atoms with van der Waals surface area (Å²) in [6, 6.07) is 0. The maximum Gasteiger partial charge on any atom is 0.0479 e. The largest absolute Gasteiger partial charge is 0.385 e. The zero-order valence-corrected chi connectivity index (χ0v) is 7.42. The first kappa shape index (κ1) is 10.2. The smallest absolute Gasteiger partial charge is 0.0479 e.